The second-order valence-electron chi connectivity index (χ2n) is 9.70. The summed E-state index contributed by atoms with van der Waals surface area (Å²) in [5, 5.41) is 3.17. The third-order valence-corrected chi connectivity index (χ3v) is 6.66. The van der Waals surface area contributed by atoms with Gasteiger partial charge in [0.15, 0.2) is 23.1 Å². The maximum atomic E-state index is 15.2. The van der Waals surface area contributed by atoms with Gasteiger partial charge in [-0.05, 0) is 55.8 Å². The summed E-state index contributed by atoms with van der Waals surface area (Å²) < 4.78 is 46.9. The first-order valence-corrected chi connectivity index (χ1v) is 13.0. The molecule has 10 heteroatoms. The molecule has 5 rings (SSSR count). The van der Waals surface area contributed by atoms with Crippen LogP contribution in [0.1, 0.15) is 30.2 Å². The zero-order chi connectivity index (χ0) is 30.0. The Morgan fingerprint density at radius 1 is 0.881 bits per heavy atom. The molecular formula is C32H27F2N3O5. The average Bonchev–Trinajstić information content (AvgIpc) is 2.98. The summed E-state index contributed by atoms with van der Waals surface area (Å²) in [6, 6.07) is 14.3. The molecule has 0 unspecified atom stereocenters. The van der Waals surface area contributed by atoms with E-state index in [0.29, 0.717) is 33.7 Å². The van der Waals surface area contributed by atoms with Crippen LogP contribution in [0.3, 0.4) is 0 Å². The standard InChI is InChI=1S/C32H27F2N3O5/c1-18(2)37-16-23(19-5-7-20(33)8-6-19)31(38)24(17-37)32(39)36-21-9-10-28(25(34)13-21)42-27-11-12-35-26-15-30(41-4)29(40-3)14-22(26)27/h5-18H,1-4H3,(H,36,39). The van der Waals surface area contributed by atoms with Gasteiger partial charge in [-0.2, -0.15) is 0 Å². The van der Waals surface area contributed by atoms with Crippen LogP contribution in [0.4, 0.5) is 14.5 Å². The Morgan fingerprint density at radius 3 is 2.26 bits per heavy atom. The van der Waals surface area contributed by atoms with Crippen molar-refractivity contribution in [3.8, 4) is 34.1 Å². The number of amides is 1. The van der Waals surface area contributed by atoms with Crippen LogP contribution in [-0.4, -0.2) is 29.7 Å². The van der Waals surface area contributed by atoms with Gasteiger partial charge < -0.3 is 24.1 Å². The first-order valence-electron chi connectivity index (χ1n) is 13.0. The fraction of sp³-hybridized carbons (Fsp3) is 0.156. The number of methoxy groups -OCH3 is 2. The number of hydrogen-bond donors (Lipinski definition) is 1. The van der Waals surface area contributed by atoms with Crippen LogP contribution in [0.5, 0.6) is 23.0 Å². The van der Waals surface area contributed by atoms with E-state index in [1.807, 2.05) is 13.8 Å². The molecule has 0 saturated heterocycles. The van der Waals surface area contributed by atoms with E-state index in [1.54, 1.807) is 29.0 Å². The number of pyridine rings is 2. The summed E-state index contributed by atoms with van der Waals surface area (Å²) in [7, 11) is 3.02. The number of nitrogens with one attached hydrogen (secondary N) is 1. The molecule has 0 saturated carbocycles. The van der Waals surface area contributed by atoms with Crippen molar-refractivity contribution in [2.75, 3.05) is 19.5 Å². The number of rotatable bonds is 8. The number of fused-ring (bicyclic) bond motifs is 1. The van der Waals surface area contributed by atoms with Gasteiger partial charge in [-0.3, -0.25) is 14.6 Å². The van der Waals surface area contributed by atoms with Gasteiger partial charge >= 0.3 is 0 Å². The first kappa shape index (κ1) is 28.3. The van der Waals surface area contributed by atoms with Crippen molar-refractivity contribution in [1.82, 2.24) is 9.55 Å². The molecule has 2 heterocycles. The Hall–Kier alpha value is -5.25. The first-order chi connectivity index (χ1) is 20.2. The van der Waals surface area contributed by atoms with Crippen LogP contribution in [-0.2, 0) is 0 Å². The largest absolute Gasteiger partial charge is 0.493 e. The lowest BCUT2D eigenvalue weighted by Gasteiger charge is -2.16. The van der Waals surface area contributed by atoms with Gasteiger partial charge in [-0.25, -0.2) is 8.78 Å². The highest BCUT2D eigenvalue weighted by Crippen LogP contribution is 2.37. The SMILES string of the molecule is COc1cc2nccc(Oc3ccc(NC(=O)c4cn(C(C)C)cc(-c5ccc(F)cc5)c4=O)cc3F)c2cc1OC. The van der Waals surface area contributed by atoms with Crippen LogP contribution in [0.15, 0.2) is 84.0 Å². The quantitative estimate of drug-likeness (QED) is 0.216. The summed E-state index contributed by atoms with van der Waals surface area (Å²) >= 11 is 0. The van der Waals surface area contributed by atoms with Gasteiger partial charge in [0.05, 0.1) is 19.7 Å². The van der Waals surface area contributed by atoms with E-state index >= 15 is 4.39 Å². The van der Waals surface area contributed by atoms with Gasteiger partial charge in [-0.1, -0.05) is 12.1 Å². The minimum Gasteiger partial charge on any atom is -0.493 e. The maximum Gasteiger partial charge on any atom is 0.261 e. The molecule has 0 aliphatic heterocycles. The third-order valence-electron chi connectivity index (χ3n) is 6.66. The van der Waals surface area contributed by atoms with E-state index in [4.69, 9.17) is 14.2 Å². The highest BCUT2D eigenvalue weighted by Gasteiger charge is 2.19. The Bertz CT molecular complexity index is 1850. The number of carbonyl (C=O) groups excluding carboxylic acids is 1. The molecule has 2 aromatic heterocycles. The minimum atomic E-state index is -0.738. The molecule has 3 aromatic carbocycles. The summed E-state index contributed by atoms with van der Waals surface area (Å²) in [6.45, 7) is 3.79. The van der Waals surface area contributed by atoms with E-state index in [0.717, 1.165) is 6.07 Å². The zero-order valence-electron chi connectivity index (χ0n) is 23.3. The minimum absolute atomic E-state index is 0.0736. The predicted octanol–water partition coefficient (Wildman–Crippen LogP) is 6.98. The average molecular weight is 572 g/mol. The van der Waals surface area contributed by atoms with Crippen molar-refractivity contribution in [3.63, 3.8) is 0 Å². The molecule has 1 amide bonds. The van der Waals surface area contributed by atoms with Gasteiger partial charge in [0.1, 0.15) is 17.1 Å². The molecule has 0 radical (unpaired) electrons. The number of nitrogens with zero attached hydrogens (tertiary/aromatic N) is 2. The normalized spacial score (nSPS) is 11.0. The van der Waals surface area contributed by atoms with Crippen LogP contribution in [0, 0.1) is 11.6 Å². The van der Waals surface area contributed by atoms with E-state index in [9.17, 15) is 14.0 Å². The zero-order valence-corrected chi connectivity index (χ0v) is 23.3. The van der Waals surface area contributed by atoms with Crippen LogP contribution >= 0.6 is 0 Å². The molecule has 214 valence electrons. The number of carbonyl (C=O) groups is 1. The summed E-state index contributed by atoms with van der Waals surface area (Å²) in [5.41, 5.74) is 0.720. The van der Waals surface area contributed by atoms with Crippen molar-refractivity contribution < 1.29 is 27.8 Å². The molecular weight excluding hydrogens is 544 g/mol. The van der Waals surface area contributed by atoms with E-state index in [2.05, 4.69) is 10.3 Å². The predicted molar refractivity (Wildman–Crippen MR) is 156 cm³/mol. The van der Waals surface area contributed by atoms with Crippen molar-refractivity contribution in [3.05, 3.63) is 107 Å². The molecule has 0 bridgehead atoms. The number of anilines is 1. The number of halogens is 2. The third kappa shape index (κ3) is 5.64. The Balaban J connectivity index is 1.43. The molecule has 8 nitrogen and oxygen atoms in total. The van der Waals surface area contributed by atoms with Crippen LogP contribution in [0.25, 0.3) is 22.0 Å². The molecule has 0 aliphatic carbocycles. The Labute approximate surface area is 240 Å². The second kappa shape index (κ2) is 11.7. The number of hydrogen-bond acceptors (Lipinski definition) is 6. The molecule has 0 atom stereocenters. The van der Waals surface area contributed by atoms with Gasteiger partial charge in [0.2, 0.25) is 5.43 Å². The lowest BCUT2D eigenvalue weighted by atomic mass is 10.0. The highest BCUT2D eigenvalue weighted by molar-refractivity contribution is 6.04. The maximum absolute atomic E-state index is 15.2. The number of benzene rings is 3. The topological polar surface area (TPSA) is 91.7 Å². The van der Waals surface area contributed by atoms with E-state index < -0.39 is 23.0 Å². The van der Waals surface area contributed by atoms with Crippen molar-refractivity contribution in [2.24, 2.45) is 0 Å². The monoisotopic (exact) mass is 571 g/mol. The van der Waals surface area contributed by atoms with E-state index in [-0.39, 0.29) is 28.6 Å². The van der Waals surface area contributed by atoms with Gasteiger partial charge in [0, 0.05) is 53.4 Å². The van der Waals surface area contributed by atoms with Crippen LogP contribution in [0.2, 0.25) is 0 Å². The fourth-order valence-corrected chi connectivity index (χ4v) is 4.41. The summed E-state index contributed by atoms with van der Waals surface area (Å²) in [5.74, 6) is -0.696. The smallest absolute Gasteiger partial charge is 0.261 e. The van der Waals surface area contributed by atoms with Gasteiger partial charge in [0.25, 0.3) is 5.91 Å². The van der Waals surface area contributed by atoms with Crippen molar-refractivity contribution >= 4 is 22.5 Å². The van der Waals surface area contributed by atoms with Crippen molar-refractivity contribution in [1.29, 1.82) is 0 Å². The van der Waals surface area contributed by atoms with Gasteiger partial charge in [-0.15, -0.1) is 0 Å². The number of aromatic nitrogens is 2. The molecule has 0 fully saturated rings. The lowest BCUT2D eigenvalue weighted by molar-refractivity contribution is 0.102. The van der Waals surface area contributed by atoms with Crippen LogP contribution < -0.4 is 25.0 Å². The molecule has 0 spiro atoms. The Morgan fingerprint density at radius 2 is 1.60 bits per heavy atom. The molecule has 5 aromatic rings. The molecule has 0 aliphatic rings. The lowest BCUT2D eigenvalue weighted by Crippen LogP contribution is -2.25. The summed E-state index contributed by atoms with van der Waals surface area (Å²) in [6.07, 6.45) is 4.60. The van der Waals surface area contributed by atoms with Crippen molar-refractivity contribution in [2.45, 2.75) is 19.9 Å². The second-order valence-corrected chi connectivity index (χ2v) is 9.70. The number of ether oxygens (including phenoxy) is 3. The van der Waals surface area contributed by atoms with E-state index in [1.165, 1.54) is 63.0 Å². The molecule has 1 N–H and O–H groups in total. The Kier molecular flexibility index (Phi) is 7.88. The molecule has 42 heavy (non-hydrogen) atoms. The highest BCUT2D eigenvalue weighted by atomic mass is 19.1. The summed E-state index contributed by atoms with van der Waals surface area (Å²) in [4.78, 5) is 30.8. The fourth-order valence-electron chi connectivity index (χ4n) is 4.41.